The molecule has 0 radical (unpaired) electrons. The normalized spacial score (nSPS) is 15.9. The molecule has 1 N–H and O–H groups in total. The fourth-order valence-corrected chi connectivity index (χ4v) is 2.92. The van der Waals surface area contributed by atoms with E-state index in [0.717, 1.165) is 18.5 Å². The first-order chi connectivity index (χ1) is 9.98. The van der Waals surface area contributed by atoms with Gasteiger partial charge in [0.2, 0.25) is 0 Å². The number of benzene rings is 1. The zero-order valence-electron chi connectivity index (χ0n) is 12.6. The number of hydrogen-bond acceptors (Lipinski definition) is 5. The highest BCUT2D eigenvalue weighted by atomic mass is 32.2. The molecule has 0 heterocycles. The average Bonchev–Trinajstić information content (AvgIpc) is 2.90. The molecule has 5 nitrogen and oxygen atoms in total. The van der Waals surface area contributed by atoms with Gasteiger partial charge in [-0.15, -0.1) is 0 Å². The average molecular weight is 313 g/mol. The molecule has 0 unspecified atom stereocenters. The highest BCUT2D eigenvalue weighted by molar-refractivity contribution is 7.90. The van der Waals surface area contributed by atoms with E-state index in [1.807, 2.05) is 18.2 Å². The summed E-state index contributed by atoms with van der Waals surface area (Å²) in [6.45, 7) is 0.383. The summed E-state index contributed by atoms with van der Waals surface area (Å²) in [5.41, 5.74) is 0.840. The Hall–Kier alpha value is -1.43. The van der Waals surface area contributed by atoms with Crippen molar-refractivity contribution in [3.05, 3.63) is 18.2 Å². The molecule has 0 aliphatic heterocycles. The summed E-state index contributed by atoms with van der Waals surface area (Å²) in [7, 11) is -1.34. The molecule has 0 atom stereocenters. The third-order valence-electron chi connectivity index (χ3n) is 3.56. The van der Waals surface area contributed by atoms with Crippen molar-refractivity contribution in [3.63, 3.8) is 0 Å². The van der Waals surface area contributed by atoms with E-state index in [1.54, 1.807) is 7.11 Å². The van der Waals surface area contributed by atoms with E-state index in [-0.39, 0.29) is 11.9 Å². The van der Waals surface area contributed by atoms with Crippen molar-refractivity contribution < 1.29 is 17.9 Å². The molecule has 1 fully saturated rings. The predicted molar refractivity (Wildman–Crippen MR) is 84.1 cm³/mol. The minimum Gasteiger partial charge on any atom is -0.493 e. The van der Waals surface area contributed by atoms with Crippen molar-refractivity contribution in [2.24, 2.45) is 0 Å². The van der Waals surface area contributed by atoms with Crippen molar-refractivity contribution in [1.82, 2.24) is 0 Å². The van der Waals surface area contributed by atoms with Gasteiger partial charge in [0.15, 0.2) is 11.5 Å². The molecule has 118 valence electrons. The summed E-state index contributed by atoms with van der Waals surface area (Å²) in [5, 5.41) is 3.10. The van der Waals surface area contributed by atoms with Gasteiger partial charge in [-0.25, -0.2) is 8.42 Å². The van der Waals surface area contributed by atoms with E-state index < -0.39 is 9.84 Å². The molecule has 1 aliphatic rings. The summed E-state index contributed by atoms with van der Waals surface area (Å²) >= 11 is 0. The molecule has 1 aliphatic carbocycles. The van der Waals surface area contributed by atoms with Crippen molar-refractivity contribution in [2.45, 2.75) is 31.8 Å². The van der Waals surface area contributed by atoms with Crippen molar-refractivity contribution in [1.29, 1.82) is 0 Å². The Kier molecular flexibility index (Phi) is 5.33. The van der Waals surface area contributed by atoms with E-state index in [2.05, 4.69) is 5.32 Å². The quantitative estimate of drug-likeness (QED) is 0.838. The largest absolute Gasteiger partial charge is 0.493 e. The molecular weight excluding hydrogens is 290 g/mol. The Morgan fingerprint density at radius 1 is 1.24 bits per heavy atom. The lowest BCUT2D eigenvalue weighted by Crippen LogP contribution is -2.15. The number of methoxy groups -OCH3 is 1. The van der Waals surface area contributed by atoms with E-state index in [4.69, 9.17) is 9.47 Å². The maximum absolute atomic E-state index is 11.1. The summed E-state index contributed by atoms with van der Waals surface area (Å²) in [6.07, 6.45) is 6.06. The molecule has 6 heteroatoms. The van der Waals surface area contributed by atoms with Gasteiger partial charge >= 0.3 is 0 Å². The van der Waals surface area contributed by atoms with Crippen LogP contribution in [0.5, 0.6) is 11.5 Å². The topological polar surface area (TPSA) is 64.6 Å². The van der Waals surface area contributed by atoms with Gasteiger partial charge in [-0.05, 0) is 37.8 Å². The van der Waals surface area contributed by atoms with Crippen LogP contribution in [0.3, 0.4) is 0 Å². The predicted octanol–water partition coefficient (Wildman–Crippen LogP) is 2.47. The van der Waals surface area contributed by atoms with Gasteiger partial charge < -0.3 is 14.8 Å². The first-order valence-corrected chi connectivity index (χ1v) is 9.30. The standard InChI is InChI=1S/C15H23NO4S/c1-19-14-8-7-12(16-9-10-21(2,17)18)11-15(14)20-13-5-3-4-6-13/h7-8,11,13,16H,3-6,9-10H2,1-2H3. The number of rotatable bonds is 7. The first-order valence-electron chi connectivity index (χ1n) is 7.24. The van der Waals surface area contributed by atoms with Crippen LogP contribution < -0.4 is 14.8 Å². The van der Waals surface area contributed by atoms with Crippen LogP contribution in [0.25, 0.3) is 0 Å². The van der Waals surface area contributed by atoms with Crippen molar-refractivity contribution >= 4 is 15.5 Å². The van der Waals surface area contributed by atoms with Crippen LogP contribution >= 0.6 is 0 Å². The molecule has 0 aromatic heterocycles. The first kappa shape index (κ1) is 15.9. The number of hydrogen-bond donors (Lipinski definition) is 1. The van der Waals surface area contributed by atoms with Crippen LogP contribution in [-0.2, 0) is 9.84 Å². The van der Waals surface area contributed by atoms with Gasteiger partial charge in [0, 0.05) is 24.6 Å². The molecule has 0 spiro atoms. The zero-order chi connectivity index (χ0) is 15.3. The maximum atomic E-state index is 11.1. The zero-order valence-corrected chi connectivity index (χ0v) is 13.4. The van der Waals surface area contributed by atoms with Crippen LogP contribution in [0.1, 0.15) is 25.7 Å². The van der Waals surface area contributed by atoms with Gasteiger partial charge in [0.05, 0.1) is 19.0 Å². The van der Waals surface area contributed by atoms with Crippen LogP contribution in [0.15, 0.2) is 18.2 Å². The number of anilines is 1. The van der Waals surface area contributed by atoms with Crippen LogP contribution in [-0.4, -0.2) is 40.2 Å². The van der Waals surface area contributed by atoms with Crippen molar-refractivity contribution in [2.75, 3.05) is 31.0 Å². The molecule has 0 amide bonds. The van der Waals surface area contributed by atoms with Gasteiger partial charge in [-0.1, -0.05) is 0 Å². The van der Waals surface area contributed by atoms with Gasteiger partial charge in [0.25, 0.3) is 0 Å². The molecule has 1 aromatic rings. The highest BCUT2D eigenvalue weighted by Gasteiger charge is 2.18. The number of ether oxygens (including phenoxy) is 2. The van der Waals surface area contributed by atoms with Crippen LogP contribution in [0.4, 0.5) is 5.69 Å². The van der Waals surface area contributed by atoms with Crippen LogP contribution in [0.2, 0.25) is 0 Å². The Morgan fingerprint density at radius 2 is 1.95 bits per heavy atom. The van der Waals surface area contributed by atoms with Gasteiger partial charge in [-0.3, -0.25) is 0 Å². The monoisotopic (exact) mass is 313 g/mol. The molecule has 1 aromatic carbocycles. The summed E-state index contributed by atoms with van der Waals surface area (Å²) in [6, 6.07) is 5.58. The summed E-state index contributed by atoms with van der Waals surface area (Å²) in [4.78, 5) is 0. The third kappa shape index (κ3) is 5.12. The molecule has 2 rings (SSSR count). The SMILES string of the molecule is COc1ccc(NCCS(C)(=O)=O)cc1OC1CCCC1. The Labute approximate surface area is 126 Å². The molecule has 1 saturated carbocycles. The fourth-order valence-electron chi connectivity index (χ4n) is 2.45. The Bertz CT molecular complexity index is 565. The second kappa shape index (κ2) is 7.02. The van der Waals surface area contributed by atoms with E-state index in [0.29, 0.717) is 18.0 Å². The third-order valence-corrected chi connectivity index (χ3v) is 4.51. The lowest BCUT2D eigenvalue weighted by molar-refractivity contribution is 0.201. The fraction of sp³-hybridized carbons (Fsp3) is 0.600. The van der Waals surface area contributed by atoms with Gasteiger partial charge in [0.1, 0.15) is 9.84 Å². The number of sulfone groups is 1. The second-order valence-electron chi connectivity index (χ2n) is 5.45. The molecule has 0 saturated heterocycles. The van der Waals surface area contributed by atoms with Crippen LogP contribution in [0, 0.1) is 0 Å². The van der Waals surface area contributed by atoms with Crippen molar-refractivity contribution in [3.8, 4) is 11.5 Å². The molecule has 21 heavy (non-hydrogen) atoms. The number of nitrogens with one attached hydrogen (secondary N) is 1. The smallest absolute Gasteiger partial charge is 0.163 e. The summed E-state index contributed by atoms with van der Waals surface area (Å²) in [5.74, 6) is 1.53. The highest BCUT2D eigenvalue weighted by Crippen LogP contribution is 2.33. The minimum atomic E-state index is -2.95. The van der Waals surface area contributed by atoms with E-state index in [9.17, 15) is 8.42 Å². The molecular formula is C15H23NO4S. The van der Waals surface area contributed by atoms with E-state index in [1.165, 1.54) is 19.1 Å². The second-order valence-corrected chi connectivity index (χ2v) is 7.71. The minimum absolute atomic E-state index is 0.109. The lowest BCUT2D eigenvalue weighted by atomic mass is 10.2. The summed E-state index contributed by atoms with van der Waals surface area (Å²) < 4.78 is 33.6. The Morgan fingerprint density at radius 3 is 2.57 bits per heavy atom. The lowest BCUT2D eigenvalue weighted by Gasteiger charge is -2.17. The molecule has 0 bridgehead atoms. The maximum Gasteiger partial charge on any atom is 0.163 e. The van der Waals surface area contributed by atoms with Gasteiger partial charge in [-0.2, -0.15) is 0 Å². The Balaban J connectivity index is 2.02. The van der Waals surface area contributed by atoms with E-state index >= 15 is 0 Å².